The molecule has 0 saturated heterocycles. The zero-order chi connectivity index (χ0) is 15.2. The highest BCUT2D eigenvalue weighted by Gasteiger charge is 2.02. The van der Waals surface area contributed by atoms with Gasteiger partial charge in [-0.15, -0.1) is 0 Å². The molecule has 1 aliphatic rings. The minimum Gasteiger partial charge on any atom is -0.478 e. The Morgan fingerprint density at radius 3 is 2.14 bits per heavy atom. The Kier molecular flexibility index (Phi) is 4.36. The lowest BCUT2D eigenvalue weighted by Crippen LogP contribution is -1.97. The van der Waals surface area contributed by atoms with Crippen LogP contribution in [0.5, 0.6) is 0 Å². The van der Waals surface area contributed by atoms with Crippen LogP contribution in [0.4, 0.5) is 0 Å². The van der Waals surface area contributed by atoms with E-state index < -0.39 is 5.97 Å². The number of rotatable bonds is 1. The van der Waals surface area contributed by atoms with Crippen LogP contribution >= 0.6 is 0 Å². The van der Waals surface area contributed by atoms with Gasteiger partial charge in [0, 0.05) is 11.6 Å². The lowest BCUT2D eigenvalue weighted by Gasteiger charge is -1.97. The predicted molar refractivity (Wildman–Crippen MR) is 77.0 cm³/mol. The zero-order valence-corrected chi connectivity index (χ0v) is 10.9. The van der Waals surface area contributed by atoms with Gasteiger partial charge in [-0.25, -0.2) is 4.79 Å². The van der Waals surface area contributed by atoms with Crippen LogP contribution in [0.1, 0.15) is 10.4 Å². The van der Waals surface area contributed by atoms with E-state index in [9.17, 15) is 14.4 Å². The van der Waals surface area contributed by atoms with Gasteiger partial charge in [-0.1, -0.05) is 12.1 Å². The van der Waals surface area contributed by atoms with E-state index in [-0.39, 0.29) is 17.1 Å². The molecule has 5 nitrogen and oxygen atoms in total. The Labute approximate surface area is 120 Å². The molecular weight excluding hydrogens is 270 g/mol. The molecule has 0 spiro atoms. The van der Waals surface area contributed by atoms with Crippen molar-refractivity contribution in [3.8, 4) is 0 Å². The molecular formula is C16H11NO4. The smallest absolute Gasteiger partial charge is 0.335 e. The molecule has 2 aromatic rings. The Morgan fingerprint density at radius 2 is 1.57 bits per heavy atom. The third kappa shape index (κ3) is 3.94. The summed E-state index contributed by atoms with van der Waals surface area (Å²) in [5.41, 5.74) is 0.980. The van der Waals surface area contributed by atoms with Gasteiger partial charge in [0.05, 0.1) is 11.1 Å². The number of aromatic nitrogens is 1. The second kappa shape index (κ2) is 6.38. The van der Waals surface area contributed by atoms with E-state index in [0.717, 1.165) is 5.39 Å². The van der Waals surface area contributed by atoms with Crippen molar-refractivity contribution in [3.63, 3.8) is 0 Å². The molecule has 1 N–H and O–H groups in total. The van der Waals surface area contributed by atoms with Gasteiger partial charge >= 0.3 is 5.97 Å². The number of hydrogen-bond acceptors (Lipinski definition) is 4. The summed E-state index contributed by atoms with van der Waals surface area (Å²) in [4.78, 5) is 35.2. The molecule has 0 atom stereocenters. The lowest BCUT2D eigenvalue weighted by molar-refractivity contribution is -0.113. The molecule has 104 valence electrons. The van der Waals surface area contributed by atoms with Crippen molar-refractivity contribution in [2.45, 2.75) is 0 Å². The van der Waals surface area contributed by atoms with Crippen molar-refractivity contribution in [3.05, 3.63) is 66.4 Å². The van der Waals surface area contributed by atoms with Crippen molar-refractivity contribution >= 4 is 28.4 Å². The number of carboxylic acid groups (broad SMARTS) is 1. The maximum atomic E-state index is 10.6. The number of allylic oxidation sites excluding steroid dienone is 4. The molecule has 0 amide bonds. The van der Waals surface area contributed by atoms with Gasteiger partial charge in [0.1, 0.15) is 0 Å². The predicted octanol–water partition coefficient (Wildman–Crippen LogP) is 2.18. The van der Waals surface area contributed by atoms with Gasteiger partial charge in [-0.05, 0) is 42.5 Å². The van der Waals surface area contributed by atoms with E-state index >= 15 is 0 Å². The number of carbonyl (C=O) groups is 3. The minimum absolute atomic E-state index is 0.121. The third-order valence-corrected chi connectivity index (χ3v) is 2.68. The minimum atomic E-state index is -0.924. The van der Waals surface area contributed by atoms with Gasteiger partial charge < -0.3 is 5.11 Å². The van der Waals surface area contributed by atoms with Crippen LogP contribution in [0.3, 0.4) is 0 Å². The van der Waals surface area contributed by atoms with Crippen LogP contribution in [-0.2, 0) is 9.59 Å². The second-order valence-corrected chi connectivity index (χ2v) is 4.19. The first-order valence-electron chi connectivity index (χ1n) is 6.08. The Bertz CT molecular complexity index is 737. The molecule has 21 heavy (non-hydrogen) atoms. The van der Waals surface area contributed by atoms with Crippen LogP contribution in [0.15, 0.2) is 60.8 Å². The highest BCUT2D eigenvalue weighted by Crippen LogP contribution is 2.12. The summed E-state index contributed by atoms with van der Waals surface area (Å²) in [6.07, 6.45) is 6.66. The van der Waals surface area contributed by atoms with Crippen LogP contribution in [0, 0.1) is 0 Å². The zero-order valence-electron chi connectivity index (χ0n) is 10.9. The fraction of sp³-hybridized carbons (Fsp3) is 0. The molecule has 0 saturated carbocycles. The number of nitrogens with zero attached hydrogens (tertiary/aromatic N) is 1. The third-order valence-electron chi connectivity index (χ3n) is 2.68. The highest BCUT2D eigenvalue weighted by atomic mass is 16.4. The number of aromatic carboxylic acids is 1. The van der Waals surface area contributed by atoms with Crippen LogP contribution in [-0.4, -0.2) is 27.6 Å². The fourth-order valence-electron chi connectivity index (χ4n) is 1.64. The Hall–Kier alpha value is -3.08. The van der Waals surface area contributed by atoms with E-state index in [1.807, 2.05) is 12.1 Å². The average molecular weight is 281 g/mol. The Balaban J connectivity index is 0.000000173. The summed E-state index contributed by atoms with van der Waals surface area (Å²) in [5.74, 6) is -1.17. The Morgan fingerprint density at radius 1 is 0.952 bits per heavy atom. The first kappa shape index (κ1) is 14.3. The molecule has 3 rings (SSSR count). The molecule has 1 aromatic carbocycles. The summed E-state index contributed by atoms with van der Waals surface area (Å²) in [6, 6.07) is 8.62. The van der Waals surface area contributed by atoms with Crippen LogP contribution in [0.2, 0.25) is 0 Å². The molecule has 5 heteroatoms. The number of pyridine rings is 1. The fourth-order valence-corrected chi connectivity index (χ4v) is 1.64. The van der Waals surface area contributed by atoms with Gasteiger partial charge in [0.25, 0.3) is 0 Å². The summed E-state index contributed by atoms with van der Waals surface area (Å²) in [7, 11) is 0. The molecule has 0 radical (unpaired) electrons. The number of hydrogen-bond donors (Lipinski definition) is 1. The van der Waals surface area contributed by atoms with Crippen molar-refractivity contribution in [2.75, 3.05) is 0 Å². The normalized spacial score (nSPS) is 13.0. The van der Waals surface area contributed by atoms with Gasteiger partial charge in [0.15, 0.2) is 11.6 Å². The first-order chi connectivity index (χ1) is 10.1. The molecule has 0 fully saturated rings. The number of carbonyl (C=O) groups excluding carboxylic acids is 2. The largest absolute Gasteiger partial charge is 0.478 e. The quantitative estimate of drug-likeness (QED) is 0.810. The number of carboxylic acids is 1. The maximum Gasteiger partial charge on any atom is 0.335 e. The monoisotopic (exact) mass is 281 g/mol. The number of fused-ring (bicyclic) bond motifs is 1. The average Bonchev–Trinajstić information content (AvgIpc) is 2.50. The van der Waals surface area contributed by atoms with Gasteiger partial charge in [-0.3, -0.25) is 14.6 Å². The lowest BCUT2D eigenvalue weighted by atomic mass is 10.1. The molecule has 1 aliphatic carbocycles. The molecule has 0 aliphatic heterocycles. The van der Waals surface area contributed by atoms with E-state index in [2.05, 4.69) is 4.98 Å². The van der Waals surface area contributed by atoms with Crippen molar-refractivity contribution in [1.29, 1.82) is 0 Å². The standard InChI is InChI=1S/C10H7NO2.C6H4O2/c12-10(13)8-4-3-7-2-1-5-11-9(7)6-8;7-5-1-2-6(8)4-3-5/h1-6H,(H,12,13);1-4H. The highest BCUT2D eigenvalue weighted by molar-refractivity contribution is 6.14. The summed E-state index contributed by atoms with van der Waals surface area (Å²) >= 11 is 0. The maximum absolute atomic E-state index is 10.6. The van der Waals surface area contributed by atoms with Crippen LogP contribution in [0.25, 0.3) is 10.9 Å². The molecule has 1 aromatic heterocycles. The van der Waals surface area contributed by atoms with Crippen LogP contribution < -0.4 is 0 Å². The van der Waals surface area contributed by atoms with E-state index in [4.69, 9.17) is 5.11 Å². The topological polar surface area (TPSA) is 84.3 Å². The summed E-state index contributed by atoms with van der Waals surface area (Å²) in [5, 5.41) is 9.67. The summed E-state index contributed by atoms with van der Waals surface area (Å²) < 4.78 is 0. The summed E-state index contributed by atoms with van der Waals surface area (Å²) in [6.45, 7) is 0. The first-order valence-corrected chi connectivity index (χ1v) is 6.08. The van der Waals surface area contributed by atoms with Crippen molar-refractivity contribution < 1.29 is 19.5 Å². The van der Waals surface area contributed by atoms with Crippen molar-refractivity contribution in [1.82, 2.24) is 4.98 Å². The molecule has 0 bridgehead atoms. The molecule has 1 heterocycles. The van der Waals surface area contributed by atoms with E-state index in [1.165, 1.54) is 24.3 Å². The number of benzene rings is 1. The van der Waals surface area contributed by atoms with Crippen molar-refractivity contribution in [2.24, 2.45) is 0 Å². The number of ketones is 2. The molecule has 0 unspecified atom stereocenters. The van der Waals surface area contributed by atoms with E-state index in [1.54, 1.807) is 24.4 Å². The van der Waals surface area contributed by atoms with E-state index in [0.29, 0.717) is 5.52 Å². The van der Waals surface area contributed by atoms with Gasteiger partial charge in [-0.2, -0.15) is 0 Å². The SMILES string of the molecule is O=C(O)c1ccc2cccnc2c1.O=C1C=CC(=O)C=C1. The van der Waals surface area contributed by atoms with Gasteiger partial charge in [0.2, 0.25) is 0 Å². The second-order valence-electron chi connectivity index (χ2n) is 4.19.